The van der Waals surface area contributed by atoms with E-state index in [9.17, 15) is 4.79 Å². The van der Waals surface area contributed by atoms with Crippen molar-refractivity contribution in [2.45, 2.75) is 200 Å². The highest BCUT2D eigenvalue weighted by molar-refractivity contribution is 7.17. The Labute approximate surface area is 539 Å². The van der Waals surface area contributed by atoms with E-state index in [1.807, 2.05) is 197 Å². The lowest BCUT2D eigenvalue weighted by atomic mass is 10.2. The van der Waals surface area contributed by atoms with Crippen LogP contribution >= 0.6 is 11.3 Å². The number of H-pyrrole nitrogens is 1. The minimum absolute atomic E-state index is 0.0983. The SMILES string of the molecule is CC.CC.CC.CC.CC.CC(C)C.CC(C)C.CC(C)C.CC(C)C.CC(C)C.CC(C)C.O=C1Cc2ccccc2N1.c1ccc2[nH]ncc2c1.c1ccc2c(c1)OCCO2.c1ccc2occc2c1.c1ccc2sccc2c1.c1ccncc1. The van der Waals surface area contributed by atoms with E-state index in [1.165, 1.54) is 10.1 Å². The summed E-state index contributed by atoms with van der Waals surface area (Å²) in [6.07, 6.45) is 7.55. The molecule has 0 saturated heterocycles. The summed E-state index contributed by atoms with van der Waals surface area (Å²) >= 11 is 1.79. The van der Waals surface area contributed by atoms with Crippen molar-refractivity contribution in [2.24, 2.45) is 35.5 Å². The second kappa shape index (κ2) is 66.8. The summed E-state index contributed by atoms with van der Waals surface area (Å²) in [4.78, 5) is 14.6. The molecule has 87 heavy (non-hydrogen) atoms. The normalized spacial score (nSPS) is 9.93. The quantitative estimate of drug-likeness (QED) is 0.157. The zero-order valence-electron chi connectivity index (χ0n) is 60.3. The monoisotopic (exact) mass is 1220 g/mol. The fourth-order valence-electron chi connectivity index (χ4n) is 5.16. The fraction of sp³-hybridized carbons (Fsp3) is 0.474. The van der Waals surface area contributed by atoms with E-state index in [2.05, 4.69) is 181 Å². The Morgan fingerprint density at radius 1 is 0.425 bits per heavy atom. The van der Waals surface area contributed by atoms with Gasteiger partial charge in [-0.3, -0.25) is 14.9 Å². The number of ether oxygens (including phenoxy) is 2. The number of furan rings is 1. The number of rotatable bonds is 0. The van der Waals surface area contributed by atoms with Crippen molar-refractivity contribution in [3.63, 3.8) is 0 Å². The molecule has 0 radical (unpaired) electrons. The molecule has 4 aromatic heterocycles. The fourth-order valence-corrected chi connectivity index (χ4v) is 5.95. The van der Waals surface area contributed by atoms with Crippen LogP contribution in [0.5, 0.6) is 11.5 Å². The molecule has 0 unspecified atom stereocenters. The Hall–Kier alpha value is -6.71. The lowest BCUT2D eigenvalue weighted by molar-refractivity contribution is -0.115. The number of carbonyl (C=O) groups excluding carboxylic acids is 1. The number of fused-ring (bicyclic) bond motifs is 5. The highest BCUT2D eigenvalue weighted by Crippen LogP contribution is 2.28. The molecule has 0 aliphatic carbocycles. The number of aromatic nitrogens is 3. The molecule has 6 heterocycles. The molecule has 0 bridgehead atoms. The minimum atomic E-state index is 0.0983. The lowest BCUT2D eigenvalue weighted by Gasteiger charge is -2.17. The summed E-state index contributed by atoms with van der Waals surface area (Å²) in [7, 11) is 0. The molecule has 0 atom stereocenters. The van der Waals surface area contributed by atoms with Crippen LogP contribution in [0.25, 0.3) is 32.0 Å². The largest absolute Gasteiger partial charge is 0.486 e. The molecule has 5 aromatic carbocycles. The first-order chi connectivity index (χ1) is 41.6. The van der Waals surface area contributed by atoms with Crippen LogP contribution in [0, 0.1) is 35.5 Å². The van der Waals surface area contributed by atoms with Crippen LogP contribution in [0.2, 0.25) is 0 Å². The molecule has 490 valence electrons. The molecule has 0 spiro atoms. The Balaban J connectivity index is -0.000000207. The Morgan fingerprint density at radius 3 is 1.24 bits per heavy atom. The zero-order chi connectivity index (χ0) is 67.8. The highest BCUT2D eigenvalue weighted by Gasteiger charge is 2.15. The summed E-state index contributed by atoms with van der Waals surface area (Å²) in [5, 5.41) is 15.3. The molecule has 2 aliphatic heterocycles. The molecule has 8 nitrogen and oxygen atoms in total. The van der Waals surface area contributed by atoms with Crippen molar-refractivity contribution >= 4 is 54.9 Å². The minimum Gasteiger partial charge on any atom is -0.486 e. The van der Waals surface area contributed by atoms with Crippen LogP contribution in [0.4, 0.5) is 5.69 Å². The third kappa shape index (κ3) is 62.2. The van der Waals surface area contributed by atoms with E-state index < -0.39 is 0 Å². The number of nitrogens with one attached hydrogen (secondary N) is 2. The number of benzene rings is 5. The van der Waals surface area contributed by atoms with Gasteiger partial charge in [0.15, 0.2) is 11.5 Å². The summed E-state index contributed by atoms with van der Waals surface area (Å²) in [5.74, 6) is 6.81. The van der Waals surface area contributed by atoms with E-state index >= 15 is 0 Å². The van der Waals surface area contributed by atoms with Crippen LogP contribution < -0.4 is 14.8 Å². The van der Waals surface area contributed by atoms with E-state index in [1.54, 1.807) is 30.0 Å². The van der Waals surface area contributed by atoms with Gasteiger partial charge in [-0.1, -0.05) is 285 Å². The lowest BCUT2D eigenvalue weighted by Crippen LogP contribution is -2.14. The topological polar surface area (TPSA) is 102 Å². The van der Waals surface area contributed by atoms with Gasteiger partial charge in [0.25, 0.3) is 0 Å². The maximum Gasteiger partial charge on any atom is 0.228 e. The van der Waals surface area contributed by atoms with Crippen LogP contribution in [0.15, 0.2) is 186 Å². The molecule has 0 fully saturated rings. The van der Waals surface area contributed by atoms with E-state index in [0.29, 0.717) is 19.6 Å². The van der Waals surface area contributed by atoms with E-state index in [0.717, 1.165) is 80.1 Å². The average molecular weight is 1220 g/mol. The number of pyridine rings is 1. The second-order valence-electron chi connectivity index (χ2n) is 21.8. The molecular weight excluding hydrogens is 1090 g/mol. The standard InChI is InChI=1S/C8H7NO.C8H8O2.C8H6O.C8H6S.C7H6N2.C5H5N.6C4H10.5C2H6/c10-8-5-6-3-1-2-4-7(6)9-8;1-2-4-8-7(3-1)9-5-6-10-8;2*1-2-4-8-7(3-1)5-6-9-8;1-2-4-7-6(3-1)5-8-9-7;1-2-4-6-5-3-1;6*1-4(2)3;5*1-2/h1-4H,5H2,(H,9,10);1-4H,5-6H2;2*1-6H;1-5H,(H,8,9);1-5H;6*4H,1-3H3;5*1-2H3. The van der Waals surface area contributed by atoms with Crippen molar-refractivity contribution in [1.29, 1.82) is 0 Å². The molecular formula is C78H128N4O4S. The first-order valence-electron chi connectivity index (χ1n) is 32.4. The predicted molar refractivity (Wildman–Crippen MR) is 394 cm³/mol. The summed E-state index contributed by atoms with van der Waals surface area (Å²) in [6, 6.07) is 49.6. The van der Waals surface area contributed by atoms with Crippen LogP contribution in [-0.4, -0.2) is 34.3 Å². The van der Waals surface area contributed by atoms with Gasteiger partial charge in [-0.25, -0.2) is 0 Å². The third-order valence-electron chi connectivity index (χ3n) is 7.73. The number of nitrogens with zero attached hydrogens (tertiary/aromatic N) is 2. The number of anilines is 1. The third-order valence-corrected chi connectivity index (χ3v) is 8.63. The zero-order valence-corrected chi connectivity index (χ0v) is 61.2. The summed E-state index contributed by atoms with van der Waals surface area (Å²) in [6.45, 7) is 60.3. The predicted octanol–water partition coefficient (Wildman–Crippen LogP) is 25.7. The van der Waals surface area contributed by atoms with Crippen molar-refractivity contribution in [1.82, 2.24) is 15.2 Å². The van der Waals surface area contributed by atoms with Gasteiger partial charge >= 0.3 is 0 Å². The Morgan fingerprint density at radius 2 is 0.828 bits per heavy atom. The molecule has 1 amide bonds. The van der Waals surface area contributed by atoms with Crippen LogP contribution in [0.3, 0.4) is 0 Å². The summed E-state index contributed by atoms with van der Waals surface area (Å²) in [5.41, 5.74) is 4.12. The molecule has 9 aromatic rings. The number of hydrogen-bond donors (Lipinski definition) is 2. The second-order valence-corrected chi connectivity index (χ2v) is 22.8. The Kier molecular flexibility index (Phi) is 70.2. The number of carbonyl (C=O) groups is 1. The van der Waals surface area contributed by atoms with E-state index in [4.69, 9.17) is 13.9 Å². The number of aromatic amines is 1. The molecule has 2 aliphatic rings. The van der Waals surface area contributed by atoms with E-state index in [-0.39, 0.29) is 5.91 Å². The van der Waals surface area contributed by atoms with Crippen LogP contribution in [-0.2, 0) is 11.2 Å². The first kappa shape index (κ1) is 91.5. The van der Waals surface area contributed by atoms with Gasteiger partial charge in [-0.15, -0.1) is 11.3 Å². The van der Waals surface area contributed by atoms with Crippen molar-refractivity contribution in [3.8, 4) is 11.5 Å². The number of amides is 1. The smallest absolute Gasteiger partial charge is 0.228 e. The Bertz CT molecular complexity index is 2350. The van der Waals surface area contributed by atoms with Gasteiger partial charge in [0.1, 0.15) is 18.8 Å². The summed E-state index contributed by atoms with van der Waals surface area (Å²) < 4.78 is 17.1. The van der Waals surface area contributed by atoms with Gasteiger partial charge in [-0.05, 0) is 113 Å². The van der Waals surface area contributed by atoms with Crippen molar-refractivity contribution < 1.29 is 18.7 Å². The highest BCUT2D eigenvalue weighted by atomic mass is 32.1. The molecule has 11 rings (SSSR count). The maximum absolute atomic E-state index is 10.8. The van der Waals surface area contributed by atoms with Gasteiger partial charge < -0.3 is 19.2 Å². The average Bonchev–Trinajstić information content (AvgIpc) is 4.57. The number of para-hydroxylation sites is 5. The van der Waals surface area contributed by atoms with Gasteiger partial charge in [0, 0.05) is 33.6 Å². The van der Waals surface area contributed by atoms with Crippen molar-refractivity contribution in [3.05, 3.63) is 187 Å². The van der Waals surface area contributed by atoms with Gasteiger partial charge in [0.05, 0.1) is 24.4 Å². The van der Waals surface area contributed by atoms with Crippen molar-refractivity contribution in [2.75, 3.05) is 18.5 Å². The number of thiophene rings is 1. The van der Waals surface area contributed by atoms with Crippen LogP contribution in [0.1, 0.15) is 199 Å². The van der Waals surface area contributed by atoms with Gasteiger partial charge in [-0.2, -0.15) is 5.10 Å². The molecule has 2 N–H and O–H groups in total. The molecule has 9 heteroatoms. The first-order valence-corrected chi connectivity index (χ1v) is 33.3. The van der Waals surface area contributed by atoms with Gasteiger partial charge in [0.2, 0.25) is 5.91 Å². The number of hydrogen-bond acceptors (Lipinski definition) is 7. The molecule has 0 saturated carbocycles. The maximum atomic E-state index is 10.8.